The maximum Gasteiger partial charge on any atom is 0.311 e. The number of ether oxygens (including phenoxy) is 1. The molecule has 4 aromatic heterocycles. The van der Waals surface area contributed by atoms with Crippen molar-refractivity contribution in [2.75, 3.05) is 7.11 Å². The van der Waals surface area contributed by atoms with E-state index in [2.05, 4.69) is 30.4 Å². The van der Waals surface area contributed by atoms with Crippen LogP contribution in [0.5, 0.6) is 0 Å². The molecule has 30 heavy (non-hydrogen) atoms. The fourth-order valence-electron chi connectivity index (χ4n) is 3.06. The molecule has 10 nitrogen and oxygen atoms in total. The predicted molar refractivity (Wildman–Crippen MR) is 107 cm³/mol. The number of benzene rings is 1. The van der Waals surface area contributed by atoms with Crippen LogP contribution in [0, 0.1) is 0 Å². The molecule has 0 radical (unpaired) electrons. The number of hydrogen-bond acceptors (Lipinski definition) is 8. The molecule has 5 aromatic rings. The third-order valence-electron chi connectivity index (χ3n) is 4.49. The Kier molecular flexibility index (Phi) is 4.32. The SMILES string of the molecule is COC(=O)Cc1nn(-c2ccc(Cl)cc2)c2c1nnc1nc(-c3ccncc3)nn12. The highest BCUT2D eigenvalue weighted by Gasteiger charge is 2.22. The molecule has 148 valence electrons. The molecule has 0 saturated heterocycles. The lowest BCUT2D eigenvalue weighted by Crippen LogP contribution is -2.06. The van der Waals surface area contributed by atoms with Gasteiger partial charge in [0.25, 0.3) is 5.78 Å². The number of carbonyl (C=O) groups is 1. The van der Waals surface area contributed by atoms with Crippen molar-refractivity contribution >= 4 is 34.5 Å². The molecule has 0 amide bonds. The Hall–Kier alpha value is -3.92. The summed E-state index contributed by atoms with van der Waals surface area (Å²) in [7, 11) is 1.32. The van der Waals surface area contributed by atoms with Crippen molar-refractivity contribution in [3.05, 3.63) is 59.5 Å². The lowest BCUT2D eigenvalue weighted by molar-refractivity contribution is -0.139. The number of nitrogens with zero attached hydrogens (tertiary/aromatic N) is 8. The maximum atomic E-state index is 11.9. The zero-order valence-corrected chi connectivity index (χ0v) is 16.4. The average Bonchev–Trinajstić information content (AvgIpc) is 3.36. The smallest absolute Gasteiger partial charge is 0.311 e. The third-order valence-corrected chi connectivity index (χ3v) is 4.74. The number of methoxy groups -OCH3 is 1. The van der Waals surface area contributed by atoms with E-state index in [1.165, 1.54) is 7.11 Å². The number of pyridine rings is 1. The molecule has 11 heteroatoms. The van der Waals surface area contributed by atoms with Gasteiger partial charge in [0.05, 0.1) is 19.2 Å². The second kappa shape index (κ2) is 7.16. The minimum atomic E-state index is -0.435. The molecule has 0 unspecified atom stereocenters. The molecule has 4 heterocycles. The van der Waals surface area contributed by atoms with Crippen LogP contribution in [-0.4, -0.2) is 52.6 Å². The molecule has 0 aliphatic carbocycles. The van der Waals surface area contributed by atoms with E-state index >= 15 is 0 Å². The molecule has 0 fully saturated rings. The minimum Gasteiger partial charge on any atom is -0.469 e. The highest BCUT2D eigenvalue weighted by molar-refractivity contribution is 6.30. The van der Waals surface area contributed by atoms with Gasteiger partial charge in [0.15, 0.2) is 17.0 Å². The quantitative estimate of drug-likeness (QED) is 0.407. The van der Waals surface area contributed by atoms with Crippen LogP contribution in [0.2, 0.25) is 5.02 Å². The van der Waals surface area contributed by atoms with E-state index in [-0.39, 0.29) is 6.42 Å². The summed E-state index contributed by atoms with van der Waals surface area (Å²) in [6, 6.07) is 10.7. The monoisotopic (exact) mass is 420 g/mol. The van der Waals surface area contributed by atoms with E-state index in [4.69, 9.17) is 16.3 Å². The second-order valence-corrected chi connectivity index (χ2v) is 6.78. The van der Waals surface area contributed by atoms with Crippen LogP contribution in [0.25, 0.3) is 34.0 Å². The van der Waals surface area contributed by atoms with Gasteiger partial charge in [-0.15, -0.1) is 15.3 Å². The molecule has 5 rings (SSSR count). The molecule has 1 aromatic carbocycles. The van der Waals surface area contributed by atoms with Crippen molar-refractivity contribution in [1.82, 2.24) is 39.6 Å². The number of rotatable bonds is 4. The van der Waals surface area contributed by atoms with E-state index in [0.717, 1.165) is 11.3 Å². The Bertz CT molecular complexity index is 1380. The maximum absolute atomic E-state index is 11.9. The van der Waals surface area contributed by atoms with Crippen molar-refractivity contribution in [2.24, 2.45) is 0 Å². The van der Waals surface area contributed by atoms with Crippen LogP contribution in [0.3, 0.4) is 0 Å². The van der Waals surface area contributed by atoms with Gasteiger partial charge in [-0.05, 0) is 36.4 Å². The van der Waals surface area contributed by atoms with Crippen molar-refractivity contribution in [2.45, 2.75) is 6.42 Å². The summed E-state index contributed by atoms with van der Waals surface area (Å²) in [6.45, 7) is 0. The van der Waals surface area contributed by atoms with Crippen molar-refractivity contribution in [3.63, 3.8) is 0 Å². The van der Waals surface area contributed by atoms with Crippen LogP contribution in [-0.2, 0) is 16.0 Å². The number of aromatic nitrogens is 8. The zero-order chi connectivity index (χ0) is 20.7. The van der Waals surface area contributed by atoms with E-state index in [1.54, 1.807) is 45.9 Å². The molecular formula is C19H13ClN8O2. The summed E-state index contributed by atoms with van der Waals surface area (Å²) in [5.41, 5.74) is 2.87. The van der Waals surface area contributed by atoms with Gasteiger partial charge in [0.2, 0.25) is 0 Å². The molecule has 0 spiro atoms. The fourth-order valence-corrected chi connectivity index (χ4v) is 3.18. The standard InChI is InChI=1S/C19H13ClN8O2/c1-30-15(29)10-14-16-18(27(25-14)13-4-2-12(20)3-5-13)28-19(24-23-16)22-17(26-28)11-6-8-21-9-7-11/h2-9H,10H2,1H3. The Labute approximate surface area is 174 Å². The van der Waals surface area contributed by atoms with E-state index in [9.17, 15) is 4.79 Å². The minimum absolute atomic E-state index is 0.0559. The topological polar surface area (TPSA) is 113 Å². The first-order valence-electron chi connectivity index (χ1n) is 8.88. The Morgan fingerprint density at radius 2 is 1.83 bits per heavy atom. The van der Waals surface area contributed by atoms with Crippen LogP contribution >= 0.6 is 11.6 Å². The summed E-state index contributed by atoms with van der Waals surface area (Å²) in [4.78, 5) is 20.4. The van der Waals surface area contributed by atoms with Gasteiger partial charge in [-0.2, -0.15) is 14.6 Å². The Morgan fingerprint density at radius 3 is 2.57 bits per heavy atom. The van der Waals surface area contributed by atoms with Gasteiger partial charge in [-0.25, -0.2) is 4.68 Å². The molecule has 0 atom stereocenters. The summed E-state index contributed by atoms with van der Waals surface area (Å²) in [5.74, 6) is 0.335. The van der Waals surface area contributed by atoms with Crippen LogP contribution in [0.4, 0.5) is 0 Å². The second-order valence-electron chi connectivity index (χ2n) is 6.34. The summed E-state index contributed by atoms with van der Waals surface area (Å²) < 4.78 is 7.98. The Balaban J connectivity index is 1.78. The molecular weight excluding hydrogens is 408 g/mol. The fraction of sp³-hybridized carbons (Fsp3) is 0.105. The number of esters is 1. The number of fused-ring (bicyclic) bond motifs is 3. The van der Waals surface area contributed by atoms with Gasteiger partial charge in [0.1, 0.15) is 5.69 Å². The zero-order valence-electron chi connectivity index (χ0n) is 15.6. The lowest BCUT2D eigenvalue weighted by Gasteiger charge is -2.03. The van der Waals surface area contributed by atoms with Gasteiger partial charge in [0, 0.05) is 23.0 Å². The largest absolute Gasteiger partial charge is 0.469 e. The molecule has 0 aliphatic rings. The molecule has 0 aliphatic heterocycles. The Morgan fingerprint density at radius 1 is 1.07 bits per heavy atom. The van der Waals surface area contributed by atoms with Crippen LogP contribution < -0.4 is 0 Å². The number of carbonyl (C=O) groups excluding carboxylic acids is 1. The first-order chi connectivity index (χ1) is 14.6. The first kappa shape index (κ1) is 18.1. The normalized spacial score (nSPS) is 11.3. The van der Waals surface area contributed by atoms with Crippen LogP contribution in [0.15, 0.2) is 48.8 Å². The summed E-state index contributed by atoms with van der Waals surface area (Å²) in [5, 5.41) is 18.2. The molecule has 0 saturated carbocycles. The van der Waals surface area contributed by atoms with E-state index < -0.39 is 5.97 Å². The van der Waals surface area contributed by atoms with E-state index in [0.29, 0.717) is 33.5 Å². The predicted octanol–water partition coefficient (Wildman–Crippen LogP) is 2.29. The third kappa shape index (κ3) is 3.03. The van der Waals surface area contributed by atoms with Gasteiger partial charge < -0.3 is 4.74 Å². The van der Waals surface area contributed by atoms with Crippen LogP contribution in [0.1, 0.15) is 5.69 Å². The van der Waals surface area contributed by atoms with Gasteiger partial charge >= 0.3 is 5.97 Å². The van der Waals surface area contributed by atoms with Crippen molar-refractivity contribution in [1.29, 1.82) is 0 Å². The lowest BCUT2D eigenvalue weighted by atomic mass is 10.3. The van der Waals surface area contributed by atoms with Crippen molar-refractivity contribution < 1.29 is 9.53 Å². The number of hydrogen-bond donors (Lipinski definition) is 0. The average molecular weight is 421 g/mol. The van der Waals surface area contributed by atoms with E-state index in [1.807, 2.05) is 12.1 Å². The highest BCUT2D eigenvalue weighted by atomic mass is 35.5. The molecule has 0 bridgehead atoms. The van der Waals surface area contributed by atoms with Gasteiger partial charge in [-0.3, -0.25) is 9.78 Å². The summed E-state index contributed by atoms with van der Waals surface area (Å²) in [6.07, 6.45) is 3.27. The highest BCUT2D eigenvalue weighted by Crippen LogP contribution is 2.23. The van der Waals surface area contributed by atoms with Crippen molar-refractivity contribution in [3.8, 4) is 17.1 Å². The van der Waals surface area contributed by atoms with Gasteiger partial charge in [-0.1, -0.05) is 11.6 Å². The summed E-state index contributed by atoms with van der Waals surface area (Å²) >= 11 is 6.03. The number of halogens is 1. The molecule has 0 N–H and O–H groups in total. The first-order valence-corrected chi connectivity index (χ1v) is 9.26.